The van der Waals surface area contributed by atoms with E-state index in [1.165, 1.54) is 180 Å². The van der Waals surface area contributed by atoms with Crippen LogP contribution in [0.15, 0.2) is 0 Å². The molecule has 0 saturated carbocycles. The maximum absolute atomic E-state index is 10.5. The van der Waals surface area contributed by atoms with Gasteiger partial charge in [0.05, 0.1) is 5.60 Å². The highest BCUT2D eigenvalue weighted by molar-refractivity contribution is 4.72. The number of hydrogen-bond acceptors (Lipinski definition) is 1. The molecule has 0 radical (unpaired) electrons. The molecule has 0 aromatic heterocycles. The first-order valence-electron chi connectivity index (χ1n) is 16.8. The molecular weight excluding hydrogens is 424 g/mol. The van der Waals surface area contributed by atoms with Crippen LogP contribution in [0.5, 0.6) is 0 Å². The van der Waals surface area contributed by atoms with Gasteiger partial charge in [-0.15, -0.1) is 0 Å². The topological polar surface area (TPSA) is 20.2 Å². The van der Waals surface area contributed by atoms with Crippen molar-refractivity contribution in [2.45, 2.75) is 219 Å². The van der Waals surface area contributed by atoms with Crippen LogP contribution in [0.3, 0.4) is 0 Å². The first-order chi connectivity index (χ1) is 17.1. The lowest BCUT2D eigenvalue weighted by Gasteiger charge is -2.23. The number of aliphatic hydroxyl groups is 1. The van der Waals surface area contributed by atoms with Gasteiger partial charge in [0, 0.05) is 0 Å². The van der Waals surface area contributed by atoms with Gasteiger partial charge in [-0.05, 0) is 19.8 Å². The van der Waals surface area contributed by atoms with Gasteiger partial charge in [-0.1, -0.05) is 194 Å². The van der Waals surface area contributed by atoms with Gasteiger partial charge in [-0.2, -0.15) is 0 Å². The summed E-state index contributed by atoms with van der Waals surface area (Å²) >= 11 is 0. The van der Waals surface area contributed by atoms with E-state index in [-0.39, 0.29) is 0 Å². The third-order valence-electron chi connectivity index (χ3n) is 8.14. The lowest BCUT2D eigenvalue weighted by atomic mass is 9.91. The SMILES string of the molecule is CCCCCCCCCCCCCCCCCCCCCCCCCCC(C)(O)CCCCCC. The summed E-state index contributed by atoms with van der Waals surface area (Å²) in [7, 11) is 0. The molecule has 0 heterocycles. The van der Waals surface area contributed by atoms with Crippen molar-refractivity contribution in [2.24, 2.45) is 0 Å². The highest BCUT2D eigenvalue weighted by atomic mass is 16.3. The summed E-state index contributed by atoms with van der Waals surface area (Å²) < 4.78 is 0. The Bertz CT molecular complexity index is 375. The predicted octanol–water partition coefficient (Wildman–Crippen LogP) is 12.5. The first kappa shape index (κ1) is 35.0. The zero-order chi connectivity index (χ0) is 25.7. The smallest absolute Gasteiger partial charge is 0.0619 e. The van der Waals surface area contributed by atoms with Crippen LogP contribution >= 0.6 is 0 Å². The van der Waals surface area contributed by atoms with Crippen LogP contribution in [0, 0.1) is 0 Å². The standard InChI is InChI=1S/C34H70O/c1-4-6-8-10-11-12-13-14-15-16-17-18-19-20-21-22-23-24-25-26-27-28-29-31-33-34(3,35)32-30-9-7-5-2/h35H,4-33H2,1-3H3. The normalized spacial score (nSPS) is 13.4. The molecule has 0 bridgehead atoms. The van der Waals surface area contributed by atoms with Gasteiger partial charge in [0.25, 0.3) is 0 Å². The van der Waals surface area contributed by atoms with Crippen LogP contribution in [-0.2, 0) is 0 Å². The minimum Gasteiger partial charge on any atom is -0.390 e. The minimum atomic E-state index is -0.416. The van der Waals surface area contributed by atoms with Gasteiger partial charge in [0.1, 0.15) is 0 Å². The lowest BCUT2D eigenvalue weighted by Crippen LogP contribution is -2.23. The van der Waals surface area contributed by atoms with Crippen LogP contribution in [0.25, 0.3) is 0 Å². The van der Waals surface area contributed by atoms with E-state index < -0.39 is 5.60 Å². The molecule has 0 spiro atoms. The minimum absolute atomic E-state index is 0.416. The van der Waals surface area contributed by atoms with E-state index in [9.17, 15) is 5.11 Å². The third-order valence-corrected chi connectivity index (χ3v) is 8.14. The molecule has 0 fully saturated rings. The Kier molecular flexibility index (Phi) is 28.5. The molecular formula is C34H70O. The van der Waals surface area contributed by atoms with E-state index >= 15 is 0 Å². The molecule has 1 nitrogen and oxygen atoms in total. The molecule has 0 saturated heterocycles. The van der Waals surface area contributed by atoms with Crippen LogP contribution in [0.2, 0.25) is 0 Å². The van der Waals surface area contributed by atoms with Crippen LogP contribution in [0.4, 0.5) is 0 Å². The van der Waals surface area contributed by atoms with E-state index in [4.69, 9.17) is 0 Å². The van der Waals surface area contributed by atoms with Gasteiger partial charge in [-0.3, -0.25) is 0 Å². The Morgan fingerprint density at radius 2 is 0.486 bits per heavy atom. The van der Waals surface area contributed by atoms with E-state index in [2.05, 4.69) is 20.8 Å². The van der Waals surface area contributed by atoms with Gasteiger partial charge < -0.3 is 5.11 Å². The van der Waals surface area contributed by atoms with Gasteiger partial charge in [0.2, 0.25) is 0 Å². The highest BCUT2D eigenvalue weighted by Gasteiger charge is 2.18. The summed E-state index contributed by atoms with van der Waals surface area (Å²) in [6, 6.07) is 0. The molecule has 1 N–H and O–H groups in total. The fourth-order valence-corrected chi connectivity index (χ4v) is 5.53. The maximum Gasteiger partial charge on any atom is 0.0619 e. The van der Waals surface area contributed by atoms with Crippen molar-refractivity contribution in [3.05, 3.63) is 0 Å². The molecule has 1 unspecified atom stereocenters. The zero-order valence-electron chi connectivity index (χ0n) is 25.2. The predicted molar refractivity (Wildman–Crippen MR) is 160 cm³/mol. The Morgan fingerprint density at radius 3 is 0.714 bits per heavy atom. The van der Waals surface area contributed by atoms with Crippen molar-refractivity contribution < 1.29 is 5.11 Å². The van der Waals surface area contributed by atoms with Crippen molar-refractivity contribution in [3.8, 4) is 0 Å². The molecule has 0 rings (SSSR count). The molecule has 212 valence electrons. The van der Waals surface area contributed by atoms with Crippen LogP contribution in [-0.4, -0.2) is 10.7 Å². The van der Waals surface area contributed by atoms with E-state index in [0.29, 0.717) is 0 Å². The molecule has 1 atom stereocenters. The fourth-order valence-electron chi connectivity index (χ4n) is 5.53. The van der Waals surface area contributed by atoms with Crippen molar-refractivity contribution in [2.75, 3.05) is 0 Å². The lowest BCUT2D eigenvalue weighted by molar-refractivity contribution is 0.0366. The van der Waals surface area contributed by atoms with Gasteiger partial charge >= 0.3 is 0 Å². The number of unbranched alkanes of at least 4 members (excludes halogenated alkanes) is 26. The third kappa shape index (κ3) is 30.1. The van der Waals surface area contributed by atoms with Crippen molar-refractivity contribution in [1.82, 2.24) is 0 Å². The van der Waals surface area contributed by atoms with Crippen molar-refractivity contribution >= 4 is 0 Å². The Labute approximate surface area is 224 Å². The molecule has 0 aliphatic heterocycles. The molecule has 0 aromatic carbocycles. The zero-order valence-corrected chi connectivity index (χ0v) is 25.2. The molecule has 0 aromatic rings. The monoisotopic (exact) mass is 495 g/mol. The molecule has 0 amide bonds. The molecule has 1 heteroatoms. The summed E-state index contributed by atoms with van der Waals surface area (Å²) in [5.41, 5.74) is -0.416. The average molecular weight is 495 g/mol. The van der Waals surface area contributed by atoms with E-state index in [0.717, 1.165) is 12.8 Å². The highest BCUT2D eigenvalue weighted by Crippen LogP contribution is 2.22. The summed E-state index contributed by atoms with van der Waals surface area (Å²) in [4.78, 5) is 0. The van der Waals surface area contributed by atoms with Crippen molar-refractivity contribution in [1.29, 1.82) is 0 Å². The van der Waals surface area contributed by atoms with Crippen LogP contribution < -0.4 is 0 Å². The molecule has 0 aliphatic rings. The first-order valence-corrected chi connectivity index (χ1v) is 16.8. The van der Waals surface area contributed by atoms with E-state index in [1.54, 1.807) is 0 Å². The summed E-state index contributed by atoms with van der Waals surface area (Å²) in [5.74, 6) is 0. The van der Waals surface area contributed by atoms with Gasteiger partial charge in [0.15, 0.2) is 0 Å². The van der Waals surface area contributed by atoms with Crippen molar-refractivity contribution in [3.63, 3.8) is 0 Å². The summed E-state index contributed by atoms with van der Waals surface area (Å²) in [5, 5.41) is 10.5. The summed E-state index contributed by atoms with van der Waals surface area (Å²) in [6.07, 6.45) is 41.6. The Balaban J connectivity index is 3.14. The Hall–Kier alpha value is -0.0400. The average Bonchev–Trinajstić information content (AvgIpc) is 2.84. The maximum atomic E-state index is 10.5. The fraction of sp³-hybridized carbons (Fsp3) is 1.00. The largest absolute Gasteiger partial charge is 0.390 e. The quantitative estimate of drug-likeness (QED) is 0.0984. The molecule has 35 heavy (non-hydrogen) atoms. The number of hydrogen-bond donors (Lipinski definition) is 1. The Morgan fingerprint density at radius 1 is 0.314 bits per heavy atom. The van der Waals surface area contributed by atoms with Gasteiger partial charge in [-0.25, -0.2) is 0 Å². The second-order valence-electron chi connectivity index (χ2n) is 12.2. The second kappa shape index (κ2) is 28.5. The second-order valence-corrected chi connectivity index (χ2v) is 12.2. The summed E-state index contributed by atoms with van der Waals surface area (Å²) in [6.45, 7) is 6.61. The number of rotatable bonds is 30. The van der Waals surface area contributed by atoms with E-state index in [1.807, 2.05) is 0 Å². The molecule has 0 aliphatic carbocycles. The van der Waals surface area contributed by atoms with Crippen LogP contribution in [0.1, 0.15) is 213 Å².